The van der Waals surface area contributed by atoms with Gasteiger partial charge >= 0.3 is 18.0 Å². The van der Waals surface area contributed by atoms with Gasteiger partial charge in [-0.1, -0.05) is 107 Å². The molecule has 14 nitrogen and oxygen atoms in total. The molecule has 0 radical (unpaired) electrons. The molecule has 306 valence electrons. The first-order valence-corrected chi connectivity index (χ1v) is 21.7. The monoisotopic (exact) mass is 800 g/mol. The number of methoxy groups -OCH3 is 2. The predicted molar refractivity (Wildman–Crippen MR) is 216 cm³/mol. The van der Waals surface area contributed by atoms with Crippen LogP contribution < -0.4 is 16.0 Å². The summed E-state index contributed by atoms with van der Waals surface area (Å²) in [5.41, 5.74) is 2.76. The molecule has 3 atom stereocenters. The molecular formula is C42H56N6O8Si. The van der Waals surface area contributed by atoms with Crippen LogP contribution in [0.5, 0.6) is 0 Å². The van der Waals surface area contributed by atoms with E-state index in [2.05, 4.69) is 67.8 Å². The van der Waals surface area contributed by atoms with E-state index in [0.29, 0.717) is 18.5 Å². The third-order valence-electron chi connectivity index (χ3n) is 10.8. The largest absolute Gasteiger partial charge is 0.465 e. The molecule has 0 fully saturated rings. The van der Waals surface area contributed by atoms with Crippen molar-refractivity contribution in [2.45, 2.75) is 109 Å². The summed E-state index contributed by atoms with van der Waals surface area (Å²) in [4.78, 5) is 55.0. The zero-order valence-corrected chi connectivity index (χ0v) is 35.2. The third kappa shape index (κ3) is 10.2. The molecule has 2 unspecified atom stereocenters. The highest BCUT2D eigenvalue weighted by molar-refractivity contribution is 6.77. The second-order valence-corrected chi connectivity index (χ2v) is 21.0. The van der Waals surface area contributed by atoms with Crippen molar-refractivity contribution in [3.05, 3.63) is 106 Å². The number of urea groups is 1. The highest BCUT2D eigenvalue weighted by Gasteiger charge is 2.45. The number of aromatic nitrogens is 3. The molecule has 0 saturated carbocycles. The van der Waals surface area contributed by atoms with Gasteiger partial charge in [0, 0.05) is 6.42 Å². The third-order valence-corrected chi connectivity index (χ3v) is 16.9. The highest BCUT2D eigenvalue weighted by atomic mass is 28.4. The number of esters is 2. The lowest BCUT2D eigenvalue weighted by molar-refractivity contribution is 0.0554. The number of benzene rings is 2. The maximum absolute atomic E-state index is 14.2. The number of hydrogen-bond donors (Lipinski definition) is 3. The van der Waals surface area contributed by atoms with Gasteiger partial charge in [-0.15, -0.1) is 5.10 Å². The van der Waals surface area contributed by atoms with Crippen LogP contribution in [0.3, 0.4) is 0 Å². The van der Waals surface area contributed by atoms with Gasteiger partial charge in [-0.05, 0) is 47.0 Å². The summed E-state index contributed by atoms with van der Waals surface area (Å²) >= 11 is 0. The van der Waals surface area contributed by atoms with Crippen LogP contribution in [0.15, 0.2) is 71.3 Å². The Morgan fingerprint density at radius 3 is 1.96 bits per heavy atom. The Kier molecular flexibility index (Phi) is 14.5. The minimum absolute atomic E-state index is 0.0453. The van der Waals surface area contributed by atoms with Gasteiger partial charge in [-0.3, -0.25) is 9.48 Å². The van der Waals surface area contributed by atoms with Crippen molar-refractivity contribution >= 4 is 32.2 Å². The van der Waals surface area contributed by atoms with Gasteiger partial charge in [0.15, 0.2) is 8.32 Å². The Bertz CT molecular complexity index is 1960. The molecule has 3 heterocycles. The van der Waals surface area contributed by atoms with Gasteiger partial charge < -0.3 is 34.3 Å². The predicted octanol–water partition coefficient (Wildman–Crippen LogP) is 6.58. The summed E-state index contributed by atoms with van der Waals surface area (Å²) < 4.78 is 24.9. The van der Waals surface area contributed by atoms with Crippen LogP contribution in [-0.4, -0.2) is 80.1 Å². The first-order valence-electron chi connectivity index (χ1n) is 19.6. The van der Waals surface area contributed by atoms with Crippen molar-refractivity contribution in [2.24, 2.45) is 0 Å². The quantitative estimate of drug-likeness (QED) is 0.105. The van der Waals surface area contributed by atoms with E-state index >= 15 is 0 Å². The van der Waals surface area contributed by atoms with E-state index in [0.717, 1.165) is 18.2 Å². The zero-order chi connectivity index (χ0) is 41.3. The Morgan fingerprint density at radius 1 is 0.807 bits per heavy atom. The smallest absolute Gasteiger partial charge is 0.342 e. The van der Waals surface area contributed by atoms with Crippen molar-refractivity contribution in [3.63, 3.8) is 0 Å². The van der Waals surface area contributed by atoms with Crippen LogP contribution in [0.4, 0.5) is 4.79 Å². The Morgan fingerprint density at radius 2 is 1.39 bits per heavy atom. The van der Waals surface area contributed by atoms with Crippen molar-refractivity contribution in [2.75, 3.05) is 20.8 Å². The van der Waals surface area contributed by atoms with Crippen LogP contribution >= 0.6 is 0 Å². The number of hydrogen-bond acceptors (Lipinski definition) is 10. The SMILES string of the molecule is COC(=O)c1c2oc(c1C(=O)OC)C(=O)NC(Cc1ccccc1)Cn1cc(nn1)C(Cc1ccccc1)NC(=O)N[C@H](CO[Si](C(C)C)(C(C)C)C(C)C)CC2. The number of furan rings is 1. The lowest BCUT2D eigenvalue weighted by Gasteiger charge is -2.43. The molecule has 5 rings (SSSR count). The van der Waals surface area contributed by atoms with Crippen molar-refractivity contribution in [1.29, 1.82) is 0 Å². The second-order valence-electron chi connectivity index (χ2n) is 15.5. The van der Waals surface area contributed by atoms with Gasteiger partial charge in [0.05, 0.1) is 51.7 Å². The molecule has 0 aliphatic carbocycles. The number of carbonyl (C=O) groups excluding carboxylic acids is 4. The molecule has 4 bridgehead atoms. The molecule has 0 spiro atoms. The van der Waals surface area contributed by atoms with E-state index < -0.39 is 50.3 Å². The molecular weight excluding hydrogens is 745 g/mol. The maximum Gasteiger partial charge on any atom is 0.342 e. The number of ether oxygens (including phenoxy) is 2. The summed E-state index contributed by atoms with van der Waals surface area (Å²) in [6.45, 7) is 13.5. The van der Waals surface area contributed by atoms with E-state index in [1.807, 2.05) is 60.7 Å². The van der Waals surface area contributed by atoms with Crippen LogP contribution in [0.1, 0.15) is 108 Å². The highest BCUT2D eigenvalue weighted by Crippen LogP contribution is 2.42. The Hall–Kier alpha value is -5.28. The topological polar surface area (TPSA) is 176 Å². The molecule has 57 heavy (non-hydrogen) atoms. The van der Waals surface area contributed by atoms with E-state index in [-0.39, 0.29) is 65.3 Å². The summed E-state index contributed by atoms with van der Waals surface area (Å²) in [5.74, 6) is -2.87. The van der Waals surface area contributed by atoms with E-state index in [9.17, 15) is 19.2 Å². The van der Waals surface area contributed by atoms with Gasteiger partial charge in [-0.25, -0.2) is 14.4 Å². The van der Waals surface area contributed by atoms with E-state index in [1.165, 1.54) is 7.11 Å². The van der Waals surface area contributed by atoms with Crippen LogP contribution in [-0.2, 0) is 39.7 Å². The van der Waals surface area contributed by atoms with Crippen LogP contribution in [0, 0.1) is 0 Å². The summed E-state index contributed by atoms with van der Waals surface area (Å²) in [6, 6.07) is 17.2. The van der Waals surface area contributed by atoms with Gasteiger partial charge in [0.2, 0.25) is 5.76 Å². The Labute approximate surface area is 335 Å². The fraction of sp³-hybridized carbons (Fsp3) is 0.476. The maximum atomic E-state index is 14.2. The van der Waals surface area contributed by atoms with Gasteiger partial charge in [-0.2, -0.15) is 0 Å². The first kappa shape index (κ1) is 42.9. The summed E-state index contributed by atoms with van der Waals surface area (Å²) in [6.07, 6.45) is 2.85. The Balaban J connectivity index is 1.61. The average Bonchev–Trinajstić information content (AvgIpc) is 3.81. The molecule has 3 amide bonds. The fourth-order valence-electron chi connectivity index (χ4n) is 8.24. The van der Waals surface area contributed by atoms with Gasteiger partial charge in [0.25, 0.3) is 5.91 Å². The minimum atomic E-state index is -2.39. The molecule has 2 aromatic heterocycles. The number of fused-ring (bicyclic) bond motifs is 4. The molecule has 3 N–H and O–H groups in total. The number of rotatable bonds is 12. The number of nitrogens with one attached hydrogen (secondary N) is 3. The lowest BCUT2D eigenvalue weighted by atomic mass is 10.0. The number of amides is 3. The minimum Gasteiger partial charge on any atom is -0.465 e. The molecule has 15 heteroatoms. The number of aryl methyl sites for hydroxylation is 1. The summed E-state index contributed by atoms with van der Waals surface area (Å²) in [7, 11) is -0.0517. The standard InChI is InChI=1S/C42H56N6O8Si/c1-26(2)57(27(3)4,28(5)6)55-25-31-19-20-35-36(40(50)53-7)37(41(51)54-8)38(56-35)39(49)43-32(21-29-15-11-9-12-16-29)23-48-24-34(46-47-48)33(45-42(52)44-31)22-30-17-13-10-14-18-30/h9-18,24,26-28,31-33H,19-23,25H2,1-8H3,(H,43,49)(H2,44,45,52)/t31-,32?,33?/m0/s1. The van der Waals surface area contributed by atoms with Crippen molar-refractivity contribution in [1.82, 2.24) is 30.9 Å². The van der Waals surface area contributed by atoms with Crippen molar-refractivity contribution in [3.8, 4) is 0 Å². The van der Waals surface area contributed by atoms with Crippen molar-refractivity contribution < 1.29 is 37.5 Å². The molecule has 1 aliphatic heterocycles. The lowest BCUT2D eigenvalue weighted by Crippen LogP contribution is -2.52. The van der Waals surface area contributed by atoms with Crippen LogP contribution in [0.25, 0.3) is 0 Å². The molecule has 0 saturated heterocycles. The fourth-order valence-corrected chi connectivity index (χ4v) is 13.7. The average molecular weight is 801 g/mol. The van der Waals surface area contributed by atoms with Crippen LogP contribution in [0.2, 0.25) is 16.6 Å². The normalized spacial score (nSPS) is 18.1. The first-order chi connectivity index (χ1) is 27.3. The summed E-state index contributed by atoms with van der Waals surface area (Å²) in [5, 5.41) is 18.2. The van der Waals surface area contributed by atoms with E-state index in [1.54, 1.807) is 10.9 Å². The molecule has 2 aromatic carbocycles. The number of carbonyl (C=O) groups is 4. The molecule has 1 aliphatic rings. The second kappa shape index (κ2) is 19.2. The van der Waals surface area contributed by atoms with E-state index in [4.69, 9.17) is 18.3 Å². The zero-order valence-electron chi connectivity index (χ0n) is 34.2. The number of nitrogens with zero attached hydrogens (tertiary/aromatic N) is 3. The van der Waals surface area contributed by atoms with Gasteiger partial charge in [0.1, 0.15) is 22.6 Å². The molecule has 4 aromatic rings.